The summed E-state index contributed by atoms with van der Waals surface area (Å²) in [5.41, 5.74) is 0. The number of nitrogens with one attached hydrogen (secondary N) is 2. The van der Waals surface area contributed by atoms with E-state index in [1.165, 1.54) is 4.88 Å². The number of aryl methyl sites for hydroxylation is 1. The molecule has 1 aromatic rings. The van der Waals surface area contributed by atoms with Crippen LogP contribution in [-0.4, -0.2) is 62.3 Å². The average Bonchev–Trinajstić information content (AvgIpc) is 2.98. The number of aliphatic imine (C=N–C) groups is 1. The van der Waals surface area contributed by atoms with Crippen LogP contribution in [0.2, 0.25) is 0 Å². The molecule has 1 aliphatic heterocycles. The molecule has 0 radical (unpaired) electrons. The van der Waals surface area contributed by atoms with Gasteiger partial charge in [-0.05, 0) is 26.2 Å². The van der Waals surface area contributed by atoms with E-state index in [1.807, 2.05) is 13.2 Å². The van der Waals surface area contributed by atoms with E-state index in [9.17, 15) is 0 Å². The van der Waals surface area contributed by atoms with Gasteiger partial charge in [0, 0.05) is 57.5 Å². The molecule has 0 unspecified atom stereocenters. The average molecular weight is 467 g/mol. The van der Waals surface area contributed by atoms with Crippen molar-refractivity contribution in [2.24, 2.45) is 4.99 Å². The number of thiazole rings is 1. The van der Waals surface area contributed by atoms with Crippen LogP contribution >= 0.6 is 35.3 Å². The molecule has 6 nitrogen and oxygen atoms in total. The van der Waals surface area contributed by atoms with Crippen LogP contribution in [0.1, 0.15) is 29.1 Å². The molecule has 8 heteroatoms. The van der Waals surface area contributed by atoms with Crippen LogP contribution in [0.25, 0.3) is 0 Å². The van der Waals surface area contributed by atoms with Gasteiger partial charge >= 0.3 is 0 Å². The first-order valence-corrected chi connectivity index (χ1v) is 9.12. The molecule has 24 heavy (non-hydrogen) atoms. The van der Waals surface area contributed by atoms with Crippen molar-refractivity contribution in [2.45, 2.75) is 38.8 Å². The molecular weight excluding hydrogens is 437 g/mol. The Hall–Kier alpha value is -0.450. The van der Waals surface area contributed by atoms with Gasteiger partial charge in [-0.15, -0.1) is 35.3 Å². The molecule has 2 heterocycles. The number of likely N-dealkylation sites (tertiary alicyclic amines) is 1. The second-order valence-corrected chi connectivity index (χ2v) is 7.22. The quantitative estimate of drug-likeness (QED) is 0.279. The second kappa shape index (κ2) is 12.0. The summed E-state index contributed by atoms with van der Waals surface area (Å²) < 4.78 is 5.12. The molecule has 1 fully saturated rings. The summed E-state index contributed by atoms with van der Waals surface area (Å²) in [5, 5.41) is 7.99. The van der Waals surface area contributed by atoms with Gasteiger partial charge in [0.25, 0.3) is 0 Å². The van der Waals surface area contributed by atoms with Gasteiger partial charge in [0.15, 0.2) is 5.96 Å². The summed E-state index contributed by atoms with van der Waals surface area (Å²) in [4.78, 5) is 12.5. The highest BCUT2D eigenvalue weighted by molar-refractivity contribution is 14.0. The Labute approximate surface area is 166 Å². The summed E-state index contributed by atoms with van der Waals surface area (Å²) in [6.45, 7) is 7.08. The van der Waals surface area contributed by atoms with Gasteiger partial charge < -0.3 is 20.3 Å². The number of halogens is 1. The molecular formula is C16H30IN5OS. The first kappa shape index (κ1) is 21.6. The molecule has 2 rings (SSSR count). The highest BCUT2D eigenvalue weighted by Crippen LogP contribution is 2.12. The number of piperidine rings is 1. The third kappa shape index (κ3) is 7.62. The fourth-order valence-corrected chi connectivity index (χ4v) is 3.49. The number of aromatic nitrogens is 1. The van der Waals surface area contributed by atoms with Gasteiger partial charge in [-0.1, -0.05) is 0 Å². The fraction of sp³-hybridized carbons (Fsp3) is 0.750. The van der Waals surface area contributed by atoms with Gasteiger partial charge in [0.1, 0.15) is 5.01 Å². The lowest BCUT2D eigenvalue weighted by atomic mass is 10.1. The molecule has 2 N–H and O–H groups in total. The van der Waals surface area contributed by atoms with E-state index in [-0.39, 0.29) is 24.0 Å². The minimum Gasteiger partial charge on any atom is -0.385 e. The maximum Gasteiger partial charge on any atom is 0.191 e. The van der Waals surface area contributed by atoms with E-state index in [2.05, 4.69) is 32.4 Å². The molecule has 0 aromatic carbocycles. The number of guanidine groups is 1. The third-order valence-electron chi connectivity index (χ3n) is 4.05. The highest BCUT2D eigenvalue weighted by atomic mass is 127. The second-order valence-electron chi connectivity index (χ2n) is 5.90. The van der Waals surface area contributed by atoms with E-state index >= 15 is 0 Å². The predicted molar refractivity (Wildman–Crippen MR) is 112 cm³/mol. The van der Waals surface area contributed by atoms with Gasteiger partial charge in [-0.25, -0.2) is 4.98 Å². The number of hydrogen-bond acceptors (Lipinski definition) is 5. The molecule has 0 saturated carbocycles. The minimum atomic E-state index is 0. The van der Waals surface area contributed by atoms with Crippen molar-refractivity contribution >= 4 is 41.3 Å². The summed E-state index contributed by atoms with van der Waals surface area (Å²) >= 11 is 1.72. The van der Waals surface area contributed by atoms with Gasteiger partial charge in [-0.3, -0.25) is 4.99 Å². The number of methoxy groups -OCH3 is 1. The van der Waals surface area contributed by atoms with Crippen LogP contribution in [0.15, 0.2) is 11.2 Å². The van der Waals surface area contributed by atoms with Gasteiger partial charge in [0.05, 0.1) is 6.54 Å². The first-order chi connectivity index (χ1) is 11.2. The Balaban J connectivity index is 0.00000288. The standard InChI is InChI=1S/C16H29N5OS.HI/c1-13-11-18-15(23-13)12-19-16(17-2)20-14-5-8-21(9-6-14)7-4-10-22-3;/h11,14H,4-10,12H2,1-3H3,(H2,17,19,20);1H. The summed E-state index contributed by atoms with van der Waals surface area (Å²) in [5.74, 6) is 0.871. The SMILES string of the molecule is CN=C(NCc1ncc(C)s1)NC1CCN(CCCOC)CC1.I. The Morgan fingerprint density at radius 1 is 1.46 bits per heavy atom. The molecule has 1 saturated heterocycles. The summed E-state index contributed by atoms with van der Waals surface area (Å²) in [6.07, 6.45) is 5.34. The van der Waals surface area contributed by atoms with Gasteiger partial charge in [-0.2, -0.15) is 0 Å². The van der Waals surface area contributed by atoms with Crippen molar-refractivity contribution in [2.75, 3.05) is 40.4 Å². The van der Waals surface area contributed by atoms with Crippen LogP contribution in [0.5, 0.6) is 0 Å². The molecule has 1 aromatic heterocycles. The first-order valence-electron chi connectivity index (χ1n) is 8.31. The third-order valence-corrected chi connectivity index (χ3v) is 4.96. The number of rotatable bonds is 7. The predicted octanol–water partition coefficient (Wildman–Crippen LogP) is 2.24. The topological polar surface area (TPSA) is 61.8 Å². The van der Waals surface area contributed by atoms with Crippen LogP contribution in [-0.2, 0) is 11.3 Å². The Morgan fingerprint density at radius 2 is 2.21 bits per heavy atom. The van der Waals surface area contributed by atoms with Crippen LogP contribution in [0.3, 0.4) is 0 Å². The van der Waals surface area contributed by atoms with Crippen molar-refractivity contribution in [1.82, 2.24) is 20.5 Å². The van der Waals surface area contributed by atoms with Crippen molar-refractivity contribution in [1.29, 1.82) is 0 Å². The maximum atomic E-state index is 5.12. The van der Waals surface area contributed by atoms with Crippen LogP contribution in [0, 0.1) is 6.92 Å². The largest absolute Gasteiger partial charge is 0.385 e. The fourth-order valence-electron chi connectivity index (χ4n) is 2.76. The van der Waals surface area contributed by atoms with Crippen molar-refractivity contribution < 1.29 is 4.74 Å². The summed E-state index contributed by atoms with van der Waals surface area (Å²) in [7, 11) is 3.59. The number of ether oxygens (including phenoxy) is 1. The lowest BCUT2D eigenvalue weighted by Gasteiger charge is -2.33. The lowest BCUT2D eigenvalue weighted by molar-refractivity contribution is 0.155. The zero-order valence-corrected chi connectivity index (χ0v) is 18.0. The molecule has 0 amide bonds. The van der Waals surface area contributed by atoms with E-state index in [1.54, 1.807) is 18.4 Å². The van der Waals surface area contributed by atoms with Gasteiger partial charge in [0.2, 0.25) is 0 Å². The van der Waals surface area contributed by atoms with E-state index < -0.39 is 0 Å². The molecule has 0 aliphatic carbocycles. The van der Waals surface area contributed by atoms with Crippen molar-refractivity contribution in [3.63, 3.8) is 0 Å². The summed E-state index contributed by atoms with van der Waals surface area (Å²) in [6, 6.07) is 0.498. The molecule has 138 valence electrons. The highest BCUT2D eigenvalue weighted by Gasteiger charge is 2.19. The van der Waals surface area contributed by atoms with Crippen molar-refractivity contribution in [3.8, 4) is 0 Å². The smallest absolute Gasteiger partial charge is 0.191 e. The Morgan fingerprint density at radius 3 is 2.79 bits per heavy atom. The number of hydrogen-bond donors (Lipinski definition) is 2. The number of nitrogens with zero attached hydrogens (tertiary/aromatic N) is 3. The monoisotopic (exact) mass is 467 g/mol. The van der Waals surface area contributed by atoms with E-state index in [4.69, 9.17) is 4.74 Å². The zero-order valence-electron chi connectivity index (χ0n) is 14.9. The molecule has 0 atom stereocenters. The Kier molecular flexibility index (Phi) is 10.8. The van der Waals surface area contributed by atoms with Crippen LogP contribution < -0.4 is 10.6 Å². The molecule has 0 bridgehead atoms. The Bertz CT molecular complexity index is 489. The van der Waals surface area contributed by atoms with E-state index in [0.717, 1.165) is 63.0 Å². The van der Waals surface area contributed by atoms with E-state index in [0.29, 0.717) is 6.04 Å². The molecule has 1 aliphatic rings. The lowest BCUT2D eigenvalue weighted by Crippen LogP contribution is -2.48. The van der Waals surface area contributed by atoms with Crippen molar-refractivity contribution in [3.05, 3.63) is 16.1 Å². The minimum absolute atomic E-state index is 0. The molecule has 0 spiro atoms. The normalized spacial score (nSPS) is 16.7. The zero-order chi connectivity index (χ0) is 16.5. The maximum absolute atomic E-state index is 5.12. The van der Waals surface area contributed by atoms with Crippen LogP contribution in [0.4, 0.5) is 0 Å².